The van der Waals surface area contributed by atoms with Gasteiger partial charge in [-0.25, -0.2) is 0 Å². The van der Waals surface area contributed by atoms with Gasteiger partial charge in [-0.1, -0.05) is 16.8 Å². The number of piperazine rings is 1. The molecule has 1 fully saturated rings. The summed E-state index contributed by atoms with van der Waals surface area (Å²) in [5, 5.41) is 10.9. The molecule has 0 saturated carbocycles. The van der Waals surface area contributed by atoms with Crippen LogP contribution in [0.5, 0.6) is 0 Å². The number of rotatable bonds is 6. The zero-order valence-corrected chi connectivity index (χ0v) is 21.1. The third-order valence-electron chi connectivity index (χ3n) is 4.67. The standard InChI is InChI=1S/C20H28ClN7O2.HI/c1-14(2)24-17(29)13-27-8-10-28(11-9-27)20(22-3)23-12-18-25-19(26-30-18)15-4-6-16(21)7-5-15;/h4-7,14H,8-13H2,1-3H3,(H,22,23)(H,24,29);1H. The Bertz CT molecular complexity index is 865. The van der Waals surface area contributed by atoms with E-state index >= 15 is 0 Å². The molecule has 0 aliphatic carbocycles. The fourth-order valence-electron chi connectivity index (χ4n) is 3.22. The average molecular weight is 562 g/mol. The zero-order valence-electron chi connectivity index (χ0n) is 18.0. The number of hydrogen-bond donors (Lipinski definition) is 2. The summed E-state index contributed by atoms with van der Waals surface area (Å²) < 4.78 is 5.34. The Morgan fingerprint density at radius 1 is 1.23 bits per heavy atom. The number of carbonyl (C=O) groups is 1. The molecule has 1 aliphatic rings. The number of nitrogens with one attached hydrogen (secondary N) is 2. The predicted octanol–water partition coefficient (Wildman–Crippen LogP) is 2.23. The largest absolute Gasteiger partial charge is 0.353 e. The summed E-state index contributed by atoms with van der Waals surface area (Å²) >= 11 is 5.92. The second kappa shape index (κ2) is 12.2. The van der Waals surface area contributed by atoms with Gasteiger partial charge in [0, 0.05) is 49.9 Å². The van der Waals surface area contributed by atoms with Gasteiger partial charge in [-0.2, -0.15) is 4.98 Å². The van der Waals surface area contributed by atoms with Gasteiger partial charge < -0.3 is 20.1 Å². The zero-order chi connectivity index (χ0) is 21.5. The summed E-state index contributed by atoms with van der Waals surface area (Å²) in [6, 6.07) is 7.44. The highest BCUT2D eigenvalue weighted by atomic mass is 127. The molecule has 31 heavy (non-hydrogen) atoms. The van der Waals surface area contributed by atoms with E-state index < -0.39 is 0 Å². The second-order valence-corrected chi connectivity index (χ2v) is 7.84. The predicted molar refractivity (Wildman–Crippen MR) is 132 cm³/mol. The normalized spacial score (nSPS) is 15.0. The number of halogens is 2. The molecule has 0 spiro atoms. The maximum atomic E-state index is 11.9. The highest BCUT2D eigenvalue weighted by molar-refractivity contribution is 14.0. The van der Waals surface area contributed by atoms with Crippen LogP contribution in [-0.4, -0.2) is 77.6 Å². The van der Waals surface area contributed by atoms with E-state index in [1.807, 2.05) is 26.0 Å². The van der Waals surface area contributed by atoms with Crippen LogP contribution in [0.4, 0.5) is 0 Å². The van der Waals surface area contributed by atoms with E-state index in [4.69, 9.17) is 16.1 Å². The Hall–Kier alpha value is -1.92. The van der Waals surface area contributed by atoms with Gasteiger partial charge >= 0.3 is 0 Å². The molecule has 11 heteroatoms. The number of aromatic nitrogens is 2. The van der Waals surface area contributed by atoms with Crippen molar-refractivity contribution in [2.45, 2.75) is 26.4 Å². The molecule has 9 nitrogen and oxygen atoms in total. The lowest BCUT2D eigenvalue weighted by Gasteiger charge is -2.36. The monoisotopic (exact) mass is 561 g/mol. The second-order valence-electron chi connectivity index (χ2n) is 7.40. The van der Waals surface area contributed by atoms with Crippen LogP contribution < -0.4 is 10.6 Å². The highest BCUT2D eigenvalue weighted by Crippen LogP contribution is 2.18. The summed E-state index contributed by atoms with van der Waals surface area (Å²) in [6.45, 7) is 7.91. The number of amides is 1. The van der Waals surface area contributed by atoms with Crippen LogP contribution in [0.15, 0.2) is 33.8 Å². The van der Waals surface area contributed by atoms with Crippen LogP contribution in [0.3, 0.4) is 0 Å². The Kier molecular flexibility index (Phi) is 9.97. The summed E-state index contributed by atoms with van der Waals surface area (Å²) in [7, 11) is 1.75. The quantitative estimate of drug-likeness (QED) is 0.317. The fraction of sp³-hybridized carbons (Fsp3) is 0.500. The first kappa shape index (κ1) is 25.3. The van der Waals surface area contributed by atoms with Gasteiger partial charge in [0.2, 0.25) is 17.6 Å². The molecule has 0 unspecified atom stereocenters. The van der Waals surface area contributed by atoms with Crippen LogP contribution in [-0.2, 0) is 11.3 Å². The number of aliphatic imine (C=N–C) groups is 1. The third kappa shape index (κ3) is 7.62. The van der Waals surface area contributed by atoms with E-state index in [0.29, 0.717) is 29.8 Å². The summed E-state index contributed by atoms with van der Waals surface area (Å²) in [5.41, 5.74) is 0.844. The molecule has 1 amide bonds. The Labute approximate surface area is 204 Å². The van der Waals surface area contributed by atoms with Crippen LogP contribution in [0, 0.1) is 0 Å². The average Bonchev–Trinajstić information content (AvgIpc) is 3.18. The van der Waals surface area contributed by atoms with Crippen molar-refractivity contribution in [2.24, 2.45) is 4.99 Å². The highest BCUT2D eigenvalue weighted by Gasteiger charge is 2.21. The topological polar surface area (TPSA) is 98.9 Å². The minimum Gasteiger partial charge on any atom is -0.353 e. The lowest BCUT2D eigenvalue weighted by Crippen LogP contribution is -2.54. The molecule has 2 aromatic rings. The number of benzene rings is 1. The minimum absolute atomic E-state index is 0. The summed E-state index contributed by atoms with van der Waals surface area (Å²) in [6.07, 6.45) is 0. The van der Waals surface area contributed by atoms with Crippen molar-refractivity contribution in [1.29, 1.82) is 0 Å². The van der Waals surface area contributed by atoms with Crippen molar-refractivity contribution in [3.05, 3.63) is 35.2 Å². The first-order valence-corrected chi connectivity index (χ1v) is 10.4. The molecule has 1 saturated heterocycles. The molecule has 1 aromatic carbocycles. The van der Waals surface area contributed by atoms with Crippen molar-refractivity contribution in [3.8, 4) is 11.4 Å². The minimum atomic E-state index is 0. The van der Waals surface area contributed by atoms with Crippen molar-refractivity contribution >= 4 is 47.4 Å². The Morgan fingerprint density at radius 2 is 1.90 bits per heavy atom. The first-order chi connectivity index (χ1) is 14.4. The van der Waals surface area contributed by atoms with Crippen LogP contribution in [0.2, 0.25) is 5.02 Å². The Balaban J connectivity index is 0.00000341. The Morgan fingerprint density at radius 3 is 2.52 bits per heavy atom. The molecule has 1 aliphatic heterocycles. The van der Waals surface area contributed by atoms with Gasteiger partial charge in [0.05, 0.1) is 13.1 Å². The van der Waals surface area contributed by atoms with E-state index in [-0.39, 0.29) is 35.9 Å². The van der Waals surface area contributed by atoms with E-state index in [1.165, 1.54) is 0 Å². The fourth-order valence-corrected chi connectivity index (χ4v) is 3.34. The molecular formula is C20H29ClIN7O2. The summed E-state index contributed by atoms with van der Waals surface area (Å²) in [4.78, 5) is 25.0. The summed E-state index contributed by atoms with van der Waals surface area (Å²) in [5.74, 6) is 1.83. The maximum absolute atomic E-state index is 11.9. The SMILES string of the molecule is CN=C(NCc1nc(-c2ccc(Cl)cc2)no1)N1CCN(CC(=O)NC(C)C)CC1.I. The number of carbonyl (C=O) groups excluding carboxylic acids is 1. The van der Waals surface area contributed by atoms with E-state index in [2.05, 4.69) is 35.6 Å². The molecule has 0 atom stereocenters. The van der Waals surface area contributed by atoms with Gasteiger partial charge in [0.25, 0.3) is 0 Å². The first-order valence-electron chi connectivity index (χ1n) is 10.0. The van der Waals surface area contributed by atoms with Crippen LogP contribution in [0.1, 0.15) is 19.7 Å². The molecule has 1 aromatic heterocycles. The molecule has 170 valence electrons. The van der Waals surface area contributed by atoms with E-state index in [9.17, 15) is 4.79 Å². The number of nitrogens with zero attached hydrogens (tertiary/aromatic N) is 5. The van der Waals surface area contributed by atoms with Gasteiger partial charge in [-0.15, -0.1) is 24.0 Å². The number of hydrogen-bond acceptors (Lipinski definition) is 6. The molecule has 2 N–H and O–H groups in total. The van der Waals surface area contributed by atoms with Crippen LogP contribution >= 0.6 is 35.6 Å². The molecule has 0 bridgehead atoms. The van der Waals surface area contributed by atoms with E-state index in [0.717, 1.165) is 37.7 Å². The van der Waals surface area contributed by atoms with Gasteiger partial charge in [-0.3, -0.25) is 14.7 Å². The molecule has 3 rings (SSSR count). The smallest absolute Gasteiger partial charge is 0.246 e. The lowest BCUT2D eigenvalue weighted by molar-refractivity contribution is -0.123. The van der Waals surface area contributed by atoms with E-state index in [1.54, 1.807) is 19.2 Å². The van der Waals surface area contributed by atoms with Crippen molar-refractivity contribution in [3.63, 3.8) is 0 Å². The van der Waals surface area contributed by atoms with Crippen LogP contribution in [0.25, 0.3) is 11.4 Å². The van der Waals surface area contributed by atoms with Gasteiger partial charge in [-0.05, 0) is 38.1 Å². The van der Waals surface area contributed by atoms with Gasteiger partial charge in [0.15, 0.2) is 5.96 Å². The van der Waals surface area contributed by atoms with Crippen molar-refractivity contribution in [1.82, 2.24) is 30.6 Å². The third-order valence-corrected chi connectivity index (χ3v) is 4.92. The maximum Gasteiger partial charge on any atom is 0.246 e. The van der Waals surface area contributed by atoms with Crippen molar-refractivity contribution < 1.29 is 9.32 Å². The lowest BCUT2D eigenvalue weighted by atomic mass is 10.2. The molecular weight excluding hydrogens is 533 g/mol. The van der Waals surface area contributed by atoms with Crippen molar-refractivity contribution in [2.75, 3.05) is 39.8 Å². The molecule has 0 radical (unpaired) electrons. The molecule has 2 heterocycles. The number of guanidine groups is 1. The van der Waals surface area contributed by atoms with Gasteiger partial charge in [0.1, 0.15) is 0 Å².